The first-order chi connectivity index (χ1) is 8.74. The minimum atomic E-state index is -0.0111. The van der Waals surface area contributed by atoms with Crippen molar-refractivity contribution in [1.29, 1.82) is 0 Å². The van der Waals surface area contributed by atoms with Gasteiger partial charge in [-0.05, 0) is 23.6 Å². The van der Waals surface area contributed by atoms with Gasteiger partial charge in [0.2, 0.25) is 5.91 Å². The third-order valence-corrected chi connectivity index (χ3v) is 3.43. The molecule has 90 valence electrons. The van der Waals surface area contributed by atoms with E-state index in [1.807, 2.05) is 18.2 Å². The van der Waals surface area contributed by atoms with Crippen LogP contribution < -0.4 is 5.32 Å². The highest BCUT2D eigenvalue weighted by Gasteiger charge is 2.24. The van der Waals surface area contributed by atoms with Crippen LogP contribution >= 0.6 is 0 Å². The molecule has 0 bridgehead atoms. The van der Waals surface area contributed by atoms with Gasteiger partial charge in [0.15, 0.2) is 0 Å². The van der Waals surface area contributed by atoms with Crippen molar-refractivity contribution < 1.29 is 4.79 Å². The largest absolute Gasteiger partial charge is 0.345 e. The number of amides is 1. The number of hydrogen-bond donors (Lipinski definition) is 1. The van der Waals surface area contributed by atoms with E-state index >= 15 is 0 Å². The second-order valence-corrected chi connectivity index (χ2v) is 4.79. The number of carbonyl (C=O) groups is 1. The van der Waals surface area contributed by atoms with Gasteiger partial charge in [-0.2, -0.15) is 0 Å². The summed E-state index contributed by atoms with van der Waals surface area (Å²) in [6.45, 7) is 2.07. The molecule has 0 fully saturated rings. The van der Waals surface area contributed by atoms with E-state index in [2.05, 4.69) is 42.6 Å². The van der Waals surface area contributed by atoms with Crippen LogP contribution in [0.15, 0.2) is 48.5 Å². The Balaban J connectivity index is 2.07. The molecule has 0 spiro atoms. The third-order valence-electron chi connectivity index (χ3n) is 3.43. The highest BCUT2D eigenvalue weighted by atomic mass is 16.1. The second kappa shape index (κ2) is 4.30. The van der Waals surface area contributed by atoms with E-state index < -0.39 is 0 Å². The molecule has 1 amide bonds. The third kappa shape index (κ3) is 1.90. The molecule has 0 saturated heterocycles. The van der Waals surface area contributed by atoms with Crippen LogP contribution in [0, 0.1) is 6.92 Å². The molecule has 1 heterocycles. The van der Waals surface area contributed by atoms with Gasteiger partial charge in [0.1, 0.15) is 0 Å². The van der Waals surface area contributed by atoms with Crippen LogP contribution in [0.3, 0.4) is 0 Å². The van der Waals surface area contributed by atoms with Gasteiger partial charge in [-0.25, -0.2) is 0 Å². The molecule has 0 radical (unpaired) electrons. The maximum absolute atomic E-state index is 11.8. The molecular formula is C16H15NO. The van der Waals surface area contributed by atoms with E-state index in [1.54, 1.807) is 0 Å². The SMILES string of the molecule is Cc1ccc([C@H]2NC(=O)Cc3ccccc32)cc1. The molecule has 2 nitrogen and oxygen atoms in total. The number of benzene rings is 2. The Hall–Kier alpha value is -2.09. The fourth-order valence-electron chi connectivity index (χ4n) is 2.46. The summed E-state index contributed by atoms with van der Waals surface area (Å²) < 4.78 is 0. The molecule has 0 aliphatic carbocycles. The molecule has 1 aliphatic rings. The minimum absolute atomic E-state index is 0.0111. The quantitative estimate of drug-likeness (QED) is 0.811. The van der Waals surface area contributed by atoms with Gasteiger partial charge in [0, 0.05) is 0 Å². The summed E-state index contributed by atoms with van der Waals surface area (Å²) in [6.07, 6.45) is 0.485. The maximum Gasteiger partial charge on any atom is 0.225 e. The second-order valence-electron chi connectivity index (χ2n) is 4.79. The fraction of sp³-hybridized carbons (Fsp3) is 0.188. The monoisotopic (exact) mass is 237 g/mol. The van der Waals surface area contributed by atoms with Gasteiger partial charge in [0.25, 0.3) is 0 Å². The van der Waals surface area contributed by atoms with E-state index in [9.17, 15) is 4.79 Å². The number of carbonyl (C=O) groups excluding carboxylic acids is 1. The van der Waals surface area contributed by atoms with Gasteiger partial charge < -0.3 is 5.32 Å². The summed E-state index contributed by atoms with van der Waals surface area (Å²) in [4.78, 5) is 11.8. The molecule has 2 aromatic rings. The number of nitrogens with one attached hydrogen (secondary N) is 1. The van der Waals surface area contributed by atoms with Crippen molar-refractivity contribution in [3.05, 3.63) is 70.8 Å². The molecule has 0 aromatic heterocycles. The lowest BCUT2D eigenvalue weighted by molar-refractivity contribution is -0.121. The van der Waals surface area contributed by atoms with Crippen LogP contribution in [0.4, 0.5) is 0 Å². The van der Waals surface area contributed by atoms with E-state index in [0.29, 0.717) is 6.42 Å². The van der Waals surface area contributed by atoms with Crippen molar-refractivity contribution in [2.24, 2.45) is 0 Å². The summed E-state index contributed by atoms with van der Waals surface area (Å²) >= 11 is 0. The number of fused-ring (bicyclic) bond motifs is 1. The van der Waals surface area contributed by atoms with Crippen LogP contribution in [-0.4, -0.2) is 5.91 Å². The van der Waals surface area contributed by atoms with E-state index in [0.717, 1.165) is 11.1 Å². The zero-order valence-corrected chi connectivity index (χ0v) is 10.3. The van der Waals surface area contributed by atoms with Crippen LogP contribution in [-0.2, 0) is 11.2 Å². The number of hydrogen-bond acceptors (Lipinski definition) is 1. The summed E-state index contributed by atoms with van der Waals surface area (Å²) in [5, 5.41) is 3.07. The van der Waals surface area contributed by atoms with Gasteiger partial charge in [-0.3, -0.25) is 4.79 Å². The molecular weight excluding hydrogens is 222 g/mol. The average Bonchev–Trinajstić information content (AvgIpc) is 2.38. The van der Waals surface area contributed by atoms with E-state index in [4.69, 9.17) is 0 Å². The van der Waals surface area contributed by atoms with Crippen molar-refractivity contribution in [1.82, 2.24) is 5.32 Å². The summed E-state index contributed by atoms with van der Waals surface area (Å²) in [7, 11) is 0. The summed E-state index contributed by atoms with van der Waals surface area (Å²) in [5.74, 6) is 0.0966. The average molecular weight is 237 g/mol. The Kier molecular flexibility index (Phi) is 2.63. The molecule has 2 heteroatoms. The smallest absolute Gasteiger partial charge is 0.225 e. The highest BCUT2D eigenvalue weighted by Crippen LogP contribution is 2.28. The molecule has 1 atom stereocenters. The van der Waals surface area contributed by atoms with Crippen molar-refractivity contribution in [2.75, 3.05) is 0 Å². The first-order valence-corrected chi connectivity index (χ1v) is 6.18. The number of aryl methyl sites for hydroxylation is 1. The molecule has 1 aliphatic heterocycles. The first-order valence-electron chi connectivity index (χ1n) is 6.18. The first kappa shape index (κ1) is 11.0. The maximum atomic E-state index is 11.8. The van der Waals surface area contributed by atoms with Crippen molar-refractivity contribution >= 4 is 5.91 Å². The lowest BCUT2D eigenvalue weighted by Gasteiger charge is -2.27. The molecule has 0 unspecified atom stereocenters. The molecule has 18 heavy (non-hydrogen) atoms. The Morgan fingerprint density at radius 2 is 1.78 bits per heavy atom. The van der Waals surface area contributed by atoms with Crippen molar-refractivity contribution in [3.63, 3.8) is 0 Å². The minimum Gasteiger partial charge on any atom is -0.345 e. The van der Waals surface area contributed by atoms with Gasteiger partial charge in [-0.15, -0.1) is 0 Å². The number of rotatable bonds is 1. The predicted octanol–water partition coefficient (Wildman–Crippen LogP) is 2.76. The zero-order chi connectivity index (χ0) is 12.5. The molecule has 1 N–H and O–H groups in total. The Morgan fingerprint density at radius 1 is 1.06 bits per heavy atom. The zero-order valence-electron chi connectivity index (χ0n) is 10.3. The van der Waals surface area contributed by atoms with E-state index in [1.165, 1.54) is 11.1 Å². The Labute approximate surface area is 107 Å². The van der Waals surface area contributed by atoms with Crippen LogP contribution in [0.5, 0.6) is 0 Å². The van der Waals surface area contributed by atoms with Crippen LogP contribution in [0.1, 0.15) is 28.3 Å². The molecule has 0 saturated carbocycles. The topological polar surface area (TPSA) is 29.1 Å². The lowest BCUT2D eigenvalue weighted by Crippen LogP contribution is -2.35. The molecule has 2 aromatic carbocycles. The van der Waals surface area contributed by atoms with Gasteiger partial charge in [-0.1, -0.05) is 54.1 Å². The fourth-order valence-corrected chi connectivity index (χ4v) is 2.46. The van der Waals surface area contributed by atoms with Gasteiger partial charge >= 0.3 is 0 Å². The van der Waals surface area contributed by atoms with Crippen LogP contribution in [0.25, 0.3) is 0 Å². The van der Waals surface area contributed by atoms with Crippen molar-refractivity contribution in [3.8, 4) is 0 Å². The van der Waals surface area contributed by atoms with Crippen LogP contribution in [0.2, 0.25) is 0 Å². The Morgan fingerprint density at radius 3 is 2.56 bits per heavy atom. The summed E-state index contributed by atoms with van der Waals surface area (Å²) in [6, 6.07) is 16.5. The molecule has 3 rings (SSSR count). The van der Waals surface area contributed by atoms with Gasteiger partial charge in [0.05, 0.1) is 12.5 Å². The van der Waals surface area contributed by atoms with E-state index in [-0.39, 0.29) is 11.9 Å². The highest BCUT2D eigenvalue weighted by molar-refractivity contribution is 5.82. The Bertz CT molecular complexity index is 586. The summed E-state index contributed by atoms with van der Waals surface area (Å²) in [5.41, 5.74) is 4.71. The normalized spacial score (nSPS) is 18.1. The standard InChI is InChI=1S/C16H15NO/c1-11-6-8-12(9-7-11)16-14-5-3-2-4-13(14)10-15(18)17-16/h2-9,16H,10H2,1H3,(H,17,18)/t16-/m1/s1. The predicted molar refractivity (Wildman–Crippen MR) is 71.3 cm³/mol. The van der Waals surface area contributed by atoms with Crippen molar-refractivity contribution in [2.45, 2.75) is 19.4 Å². The lowest BCUT2D eigenvalue weighted by atomic mass is 9.89.